The standard InChI is InChI=1S/C20H19ClN4O2S/c21-15-3-1-2-4-16(15)23-19(26)12-24-7-9-25(10-8-24)20(27)14-5-6-17-18(11-14)28-13-22-17/h1-6,11,13H,7-10,12H2,(H,23,26)/p+1. The van der Waals surface area contributed by atoms with Gasteiger partial charge in [0.05, 0.1) is 52.6 Å². The summed E-state index contributed by atoms with van der Waals surface area (Å²) >= 11 is 7.62. The molecule has 6 nitrogen and oxygen atoms in total. The molecule has 2 amide bonds. The van der Waals surface area contributed by atoms with E-state index in [1.54, 1.807) is 17.6 Å². The molecule has 1 aliphatic rings. The number of hydrogen-bond donors (Lipinski definition) is 2. The van der Waals surface area contributed by atoms with Crippen LogP contribution in [0.1, 0.15) is 10.4 Å². The molecule has 0 unspecified atom stereocenters. The van der Waals surface area contributed by atoms with Crippen LogP contribution < -0.4 is 10.2 Å². The van der Waals surface area contributed by atoms with Crippen molar-refractivity contribution in [3.8, 4) is 0 Å². The molecule has 8 heteroatoms. The van der Waals surface area contributed by atoms with E-state index in [4.69, 9.17) is 11.6 Å². The molecule has 0 aliphatic carbocycles. The lowest BCUT2D eigenvalue weighted by molar-refractivity contribution is -0.895. The minimum absolute atomic E-state index is 0.0369. The van der Waals surface area contributed by atoms with Crippen molar-refractivity contribution in [1.29, 1.82) is 0 Å². The Kier molecular flexibility index (Phi) is 5.57. The van der Waals surface area contributed by atoms with E-state index < -0.39 is 0 Å². The second kappa shape index (κ2) is 8.26. The number of amides is 2. The van der Waals surface area contributed by atoms with Crippen LogP contribution >= 0.6 is 22.9 Å². The van der Waals surface area contributed by atoms with Gasteiger partial charge in [0.1, 0.15) is 0 Å². The average Bonchev–Trinajstić information content (AvgIpc) is 3.17. The number of thiazole rings is 1. The zero-order valence-corrected chi connectivity index (χ0v) is 16.7. The second-order valence-electron chi connectivity index (χ2n) is 6.78. The maximum atomic E-state index is 12.8. The van der Waals surface area contributed by atoms with E-state index in [9.17, 15) is 9.59 Å². The molecular weight excluding hydrogens is 396 g/mol. The number of nitrogens with zero attached hydrogens (tertiary/aromatic N) is 2. The molecule has 3 aromatic rings. The van der Waals surface area contributed by atoms with Crippen molar-refractivity contribution in [3.05, 3.63) is 58.6 Å². The van der Waals surface area contributed by atoms with E-state index in [1.165, 1.54) is 11.3 Å². The van der Waals surface area contributed by atoms with Gasteiger partial charge >= 0.3 is 0 Å². The van der Waals surface area contributed by atoms with Gasteiger partial charge in [0.25, 0.3) is 11.8 Å². The number of hydrogen-bond acceptors (Lipinski definition) is 4. The van der Waals surface area contributed by atoms with Crippen molar-refractivity contribution in [3.63, 3.8) is 0 Å². The highest BCUT2D eigenvalue weighted by Gasteiger charge is 2.26. The number of fused-ring (bicyclic) bond motifs is 1. The third-order valence-corrected chi connectivity index (χ3v) is 6.02. The van der Waals surface area contributed by atoms with Crippen LogP contribution in [0.2, 0.25) is 5.02 Å². The molecule has 0 saturated carbocycles. The number of carbonyl (C=O) groups excluding carboxylic acids is 2. The maximum Gasteiger partial charge on any atom is 0.279 e. The van der Waals surface area contributed by atoms with E-state index in [-0.39, 0.29) is 11.8 Å². The van der Waals surface area contributed by atoms with Crippen molar-refractivity contribution < 1.29 is 14.5 Å². The Hall–Kier alpha value is -2.48. The smallest absolute Gasteiger partial charge is 0.279 e. The van der Waals surface area contributed by atoms with E-state index in [0.29, 0.717) is 35.9 Å². The van der Waals surface area contributed by atoms with Crippen molar-refractivity contribution in [2.45, 2.75) is 0 Å². The summed E-state index contributed by atoms with van der Waals surface area (Å²) in [6.45, 7) is 3.11. The fraction of sp³-hybridized carbons (Fsp3) is 0.250. The number of anilines is 1. The Balaban J connectivity index is 1.31. The van der Waals surface area contributed by atoms with Crippen molar-refractivity contribution >= 4 is 50.7 Å². The number of para-hydroxylation sites is 1. The summed E-state index contributed by atoms with van der Waals surface area (Å²) in [4.78, 5) is 32.3. The number of carbonyl (C=O) groups is 2. The highest BCUT2D eigenvalue weighted by atomic mass is 35.5. The number of quaternary nitrogens is 1. The van der Waals surface area contributed by atoms with Crippen LogP contribution in [0.3, 0.4) is 0 Å². The van der Waals surface area contributed by atoms with Crippen LogP contribution in [0.15, 0.2) is 48.0 Å². The summed E-state index contributed by atoms with van der Waals surface area (Å²) in [5.41, 5.74) is 4.02. The summed E-state index contributed by atoms with van der Waals surface area (Å²) < 4.78 is 1.02. The molecule has 1 saturated heterocycles. The molecule has 28 heavy (non-hydrogen) atoms. The van der Waals surface area contributed by atoms with E-state index in [2.05, 4.69) is 10.3 Å². The van der Waals surface area contributed by atoms with Gasteiger partial charge in [-0.3, -0.25) is 9.59 Å². The lowest BCUT2D eigenvalue weighted by atomic mass is 10.1. The minimum Gasteiger partial charge on any atom is -0.327 e. The number of aromatic nitrogens is 1. The maximum absolute atomic E-state index is 12.8. The SMILES string of the molecule is O=C(C[NH+]1CCN(C(=O)c2ccc3ncsc3c2)CC1)Nc1ccccc1Cl. The first kappa shape index (κ1) is 18.9. The molecule has 2 heterocycles. The Bertz CT molecular complexity index is 1010. The first-order valence-electron chi connectivity index (χ1n) is 9.10. The lowest BCUT2D eigenvalue weighted by Gasteiger charge is -2.32. The average molecular weight is 416 g/mol. The highest BCUT2D eigenvalue weighted by molar-refractivity contribution is 7.16. The van der Waals surface area contributed by atoms with Crippen LogP contribution in [0, 0.1) is 0 Å². The van der Waals surface area contributed by atoms with Gasteiger partial charge in [0.2, 0.25) is 0 Å². The van der Waals surface area contributed by atoms with Gasteiger partial charge in [0, 0.05) is 5.56 Å². The predicted octanol–water partition coefficient (Wildman–Crippen LogP) is 1.93. The summed E-state index contributed by atoms with van der Waals surface area (Å²) in [5.74, 6) is -0.0339. The van der Waals surface area contributed by atoms with Crippen LogP contribution in [-0.2, 0) is 4.79 Å². The molecule has 4 rings (SSSR count). The first-order chi connectivity index (χ1) is 13.6. The molecule has 2 aromatic carbocycles. The summed E-state index contributed by atoms with van der Waals surface area (Å²) in [6.07, 6.45) is 0. The zero-order valence-electron chi connectivity index (χ0n) is 15.2. The van der Waals surface area contributed by atoms with Crippen LogP contribution in [0.25, 0.3) is 10.2 Å². The summed E-state index contributed by atoms with van der Waals surface area (Å²) in [7, 11) is 0. The molecule has 0 spiro atoms. The van der Waals surface area contributed by atoms with Gasteiger partial charge in [-0.15, -0.1) is 11.3 Å². The van der Waals surface area contributed by atoms with Crippen LogP contribution in [-0.4, -0.2) is 54.4 Å². The van der Waals surface area contributed by atoms with E-state index in [1.807, 2.05) is 35.2 Å². The topological polar surface area (TPSA) is 66.7 Å². The van der Waals surface area contributed by atoms with E-state index in [0.717, 1.165) is 28.2 Å². The van der Waals surface area contributed by atoms with Crippen LogP contribution in [0.5, 0.6) is 0 Å². The predicted molar refractivity (Wildman–Crippen MR) is 111 cm³/mol. The fourth-order valence-electron chi connectivity index (χ4n) is 3.36. The van der Waals surface area contributed by atoms with Crippen molar-refractivity contribution in [2.75, 3.05) is 38.0 Å². The molecule has 1 fully saturated rings. The van der Waals surface area contributed by atoms with Crippen molar-refractivity contribution in [2.24, 2.45) is 0 Å². The Morgan fingerprint density at radius 3 is 2.75 bits per heavy atom. The Morgan fingerprint density at radius 2 is 1.96 bits per heavy atom. The zero-order chi connectivity index (χ0) is 19.5. The molecule has 144 valence electrons. The molecule has 2 N–H and O–H groups in total. The molecule has 1 aromatic heterocycles. The fourth-order valence-corrected chi connectivity index (χ4v) is 4.26. The minimum atomic E-state index is -0.0708. The largest absolute Gasteiger partial charge is 0.327 e. The third-order valence-electron chi connectivity index (χ3n) is 4.89. The molecular formula is C20H20ClN4O2S+. The third kappa shape index (κ3) is 4.16. The van der Waals surface area contributed by atoms with E-state index >= 15 is 0 Å². The summed E-state index contributed by atoms with van der Waals surface area (Å²) in [5, 5.41) is 3.38. The van der Waals surface area contributed by atoms with Gasteiger partial charge in [-0.25, -0.2) is 4.98 Å². The number of halogens is 1. The molecule has 0 bridgehead atoms. The summed E-state index contributed by atoms with van der Waals surface area (Å²) in [6, 6.07) is 12.8. The lowest BCUT2D eigenvalue weighted by Crippen LogP contribution is -3.15. The number of piperazine rings is 1. The molecule has 1 aliphatic heterocycles. The van der Waals surface area contributed by atoms with Gasteiger partial charge < -0.3 is 15.1 Å². The normalized spacial score (nSPS) is 15.0. The van der Waals surface area contributed by atoms with Gasteiger partial charge in [0.15, 0.2) is 6.54 Å². The quantitative estimate of drug-likeness (QED) is 0.684. The Labute approximate surface area is 171 Å². The second-order valence-corrected chi connectivity index (χ2v) is 8.08. The van der Waals surface area contributed by atoms with Gasteiger partial charge in [-0.1, -0.05) is 23.7 Å². The number of rotatable bonds is 4. The highest BCUT2D eigenvalue weighted by Crippen LogP contribution is 2.21. The number of benzene rings is 2. The van der Waals surface area contributed by atoms with Crippen molar-refractivity contribution in [1.82, 2.24) is 9.88 Å². The Morgan fingerprint density at radius 1 is 1.18 bits per heavy atom. The first-order valence-corrected chi connectivity index (χ1v) is 10.4. The van der Waals surface area contributed by atoms with Gasteiger partial charge in [-0.05, 0) is 30.3 Å². The van der Waals surface area contributed by atoms with Crippen LogP contribution in [0.4, 0.5) is 5.69 Å². The van der Waals surface area contributed by atoms with Gasteiger partial charge in [-0.2, -0.15) is 0 Å². The molecule has 0 radical (unpaired) electrons. The monoisotopic (exact) mass is 415 g/mol. The number of nitrogens with one attached hydrogen (secondary N) is 2. The molecule has 0 atom stereocenters.